The number of carbonyl (C=O) groups is 2. The van der Waals surface area contributed by atoms with E-state index in [0.717, 1.165) is 44.9 Å². The fourth-order valence-electron chi connectivity index (χ4n) is 3.90. The van der Waals surface area contributed by atoms with Crippen LogP contribution in [-0.2, 0) is 9.59 Å². The third-order valence-corrected chi connectivity index (χ3v) is 4.89. The van der Waals surface area contributed by atoms with Gasteiger partial charge in [0.1, 0.15) is 0 Å². The first kappa shape index (κ1) is 15.3. The van der Waals surface area contributed by atoms with Crippen LogP contribution >= 0.6 is 0 Å². The second-order valence-corrected chi connectivity index (χ2v) is 6.24. The van der Waals surface area contributed by atoms with Crippen molar-refractivity contribution in [3.8, 4) is 0 Å². The van der Waals surface area contributed by atoms with E-state index in [1.807, 2.05) is 0 Å². The Hall–Kier alpha value is -1.10. The number of carbonyl (C=O) groups excluding carboxylic acids is 1. The summed E-state index contributed by atoms with van der Waals surface area (Å²) in [4.78, 5) is 23.3. The molecule has 2 rings (SSSR count). The maximum Gasteiger partial charge on any atom is 0.308 e. The molecule has 2 bridgehead atoms. The van der Waals surface area contributed by atoms with Crippen LogP contribution in [-0.4, -0.2) is 29.6 Å². The summed E-state index contributed by atoms with van der Waals surface area (Å²) >= 11 is 0. The summed E-state index contributed by atoms with van der Waals surface area (Å²) in [6.07, 6.45) is 7.50. The number of amides is 1. The van der Waals surface area contributed by atoms with Crippen LogP contribution in [0.5, 0.6) is 0 Å². The predicted molar refractivity (Wildman–Crippen MR) is 76.0 cm³/mol. The van der Waals surface area contributed by atoms with E-state index in [9.17, 15) is 14.7 Å². The zero-order valence-corrected chi connectivity index (χ0v) is 12.0. The van der Waals surface area contributed by atoms with Crippen molar-refractivity contribution >= 4 is 11.9 Å². The number of carboxylic acids is 1. The second kappa shape index (κ2) is 7.07. The highest BCUT2D eigenvalue weighted by molar-refractivity contribution is 5.78. The van der Waals surface area contributed by atoms with Gasteiger partial charge in [-0.15, -0.1) is 0 Å². The zero-order chi connectivity index (χ0) is 14.5. The van der Waals surface area contributed by atoms with E-state index in [0.29, 0.717) is 18.9 Å². The van der Waals surface area contributed by atoms with Crippen LogP contribution in [0.2, 0.25) is 0 Å². The Balaban J connectivity index is 1.74. The Morgan fingerprint density at radius 2 is 1.80 bits per heavy atom. The van der Waals surface area contributed by atoms with Gasteiger partial charge in [0.25, 0.3) is 0 Å². The van der Waals surface area contributed by atoms with Crippen LogP contribution < -0.4 is 11.1 Å². The average molecular weight is 282 g/mol. The maximum absolute atomic E-state index is 11.9. The standard InChI is InChI=1S/C15H26N2O3/c16-8-4-2-1-3-5-12(18)17-14-11-7-6-10(9-11)13(14)15(19)20/h10-11,13-14H,1-9,16H2,(H,17,18)(H,19,20). The molecule has 2 saturated carbocycles. The van der Waals surface area contributed by atoms with Gasteiger partial charge >= 0.3 is 5.97 Å². The van der Waals surface area contributed by atoms with Crippen molar-refractivity contribution in [3.05, 3.63) is 0 Å². The van der Waals surface area contributed by atoms with Gasteiger partial charge in [-0.1, -0.05) is 12.8 Å². The summed E-state index contributed by atoms with van der Waals surface area (Å²) < 4.78 is 0. The number of nitrogens with one attached hydrogen (secondary N) is 1. The van der Waals surface area contributed by atoms with Gasteiger partial charge in [0, 0.05) is 12.5 Å². The molecule has 0 heterocycles. The normalized spacial score (nSPS) is 31.4. The Kier molecular flexibility index (Phi) is 5.40. The summed E-state index contributed by atoms with van der Waals surface area (Å²) in [6.45, 7) is 0.706. The van der Waals surface area contributed by atoms with Crippen LogP contribution in [0.1, 0.15) is 51.4 Å². The fourth-order valence-corrected chi connectivity index (χ4v) is 3.90. The van der Waals surface area contributed by atoms with Crippen molar-refractivity contribution in [1.82, 2.24) is 5.32 Å². The third-order valence-electron chi connectivity index (χ3n) is 4.89. The Bertz CT molecular complexity index is 359. The number of fused-ring (bicyclic) bond motifs is 2. The minimum atomic E-state index is -0.745. The summed E-state index contributed by atoms with van der Waals surface area (Å²) in [7, 11) is 0. The number of hydrogen-bond acceptors (Lipinski definition) is 3. The molecule has 5 nitrogen and oxygen atoms in total. The SMILES string of the molecule is NCCCCCCC(=O)NC1C2CCC(C2)C1C(=O)O. The first-order valence-corrected chi connectivity index (χ1v) is 7.85. The van der Waals surface area contributed by atoms with Gasteiger partial charge in [0.15, 0.2) is 0 Å². The molecular weight excluding hydrogens is 256 g/mol. The summed E-state index contributed by atoms with van der Waals surface area (Å²) in [5.74, 6) is -0.448. The monoisotopic (exact) mass is 282 g/mol. The molecule has 0 aromatic carbocycles. The van der Waals surface area contributed by atoms with Gasteiger partial charge in [-0.25, -0.2) is 0 Å². The molecule has 0 spiro atoms. The molecule has 0 saturated heterocycles. The molecule has 2 aliphatic carbocycles. The minimum Gasteiger partial charge on any atom is -0.481 e. The van der Waals surface area contributed by atoms with Crippen molar-refractivity contribution in [2.24, 2.45) is 23.5 Å². The van der Waals surface area contributed by atoms with Gasteiger partial charge in [0.2, 0.25) is 5.91 Å². The van der Waals surface area contributed by atoms with E-state index >= 15 is 0 Å². The molecule has 2 fully saturated rings. The van der Waals surface area contributed by atoms with Crippen LogP contribution in [0.25, 0.3) is 0 Å². The van der Waals surface area contributed by atoms with Crippen LogP contribution in [0, 0.1) is 17.8 Å². The van der Waals surface area contributed by atoms with Crippen LogP contribution in [0.15, 0.2) is 0 Å². The highest BCUT2D eigenvalue weighted by Gasteiger charge is 2.51. The molecule has 0 aliphatic heterocycles. The molecule has 2 aliphatic rings. The van der Waals surface area contributed by atoms with Gasteiger partial charge < -0.3 is 16.2 Å². The summed E-state index contributed by atoms with van der Waals surface area (Å²) in [5.41, 5.74) is 5.42. The number of aliphatic carboxylic acids is 1. The molecule has 4 N–H and O–H groups in total. The molecule has 0 radical (unpaired) electrons. The molecule has 4 unspecified atom stereocenters. The molecule has 5 heteroatoms. The van der Waals surface area contributed by atoms with Gasteiger partial charge in [0.05, 0.1) is 5.92 Å². The van der Waals surface area contributed by atoms with E-state index in [2.05, 4.69) is 5.32 Å². The van der Waals surface area contributed by atoms with Crippen LogP contribution in [0.4, 0.5) is 0 Å². The number of carboxylic acid groups (broad SMARTS) is 1. The first-order valence-electron chi connectivity index (χ1n) is 7.85. The van der Waals surface area contributed by atoms with Crippen molar-refractivity contribution < 1.29 is 14.7 Å². The Morgan fingerprint density at radius 3 is 2.50 bits per heavy atom. The molecule has 20 heavy (non-hydrogen) atoms. The van der Waals surface area contributed by atoms with E-state index in [1.54, 1.807) is 0 Å². The van der Waals surface area contributed by atoms with E-state index < -0.39 is 5.97 Å². The number of unbranched alkanes of at least 4 members (excludes halogenated alkanes) is 3. The molecular formula is C15H26N2O3. The molecule has 4 atom stereocenters. The van der Waals surface area contributed by atoms with Gasteiger partial charge in [-0.2, -0.15) is 0 Å². The molecule has 0 aromatic heterocycles. The van der Waals surface area contributed by atoms with Crippen molar-refractivity contribution in [3.63, 3.8) is 0 Å². The molecule has 1 amide bonds. The average Bonchev–Trinajstić information content (AvgIpc) is 2.99. The quantitative estimate of drug-likeness (QED) is 0.588. The Labute approximate surface area is 120 Å². The van der Waals surface area contributed by atoms with Crippen molar-refractivity contribution in [1.29, 1.82) is 0 Å². The zero-order valence-electron chi connectivity index (χ0n) is 12.0. The molecule has 0 aromatic rings. The topological polar surface area (TPSA) is 92.4 Å². The second-order valence-electron chi connectivity index (χ2n) is 6.24. The van der Waals surface area contributed by atoms with E-state index in [4.69, 9.17) is 5.73 Å². The lowest BCUT2D eigenvalue weighted by atomic mass is 9.84. The number of rotatable bonds is 8. The smallest absolute Gasteiger partial charge is 0.308 e. The summed E-state index contributed by atoms with van der Waals surface area (Å²) in [6, 6.07) is -0.136. The summed E-state index contributed by atoms with van der Waals surface area (Å²) in [5, 5.41) is 12.3. The lowest BCUT2D eigenvalue weighted by molar-refractivity contribution is -0.144. The number of nitrogens with two attached hydrogens (primary N) is 1. The predicted octanol–water partition coefficient (Wildman–Crippen LogP) is 1.51. The lowest BCUT2D eigenvalue weighted by Gasteiger charge is -2.28. The van der Waals surface area contributed by atoms with Gasteiger partial charge in [-0.3, -0.25) is 9.59 Å². The van der Waals surface area contributed by atoms with Crippen LogP contribution in [0.3, 0.4) is 0 Å². The van der Waals surface area contributed by atoms with Gasteiger partial charge in [-0.05, 0) is 50.5 Å². The third kappa shape index (κ3) is 3.51. The number of hydrogen-bond donors (Lipinski definition) is 3. The highest BCUT2D eigenvalue weighted by Crippen LogP contribution is 2.48. The first-order chi connectivity index (χ1) is 9.63. The minimum absolute atomic E-state index is 0.0153. The maximum atomic E-state index is 11.9. The van der Waals surface area contributed by atoms with Crippen molar-refractivity contribution in [2.45, 2.75) is 57.4 Å². The largest absolute Gasteiger partial charge is 0.481 e. The Morgan fingerprint density at radius 1 is 1.10 bits per heavy atom. The fraction of sp³-hybridized carbons (Fsp3) is 0.867. The highest BCUT2D eigenvalue weighted by atomic mass is 16.4. The lowest BCUT2D eigenvalue weighted by Crippen LogP contribution is -2.46. The molecule has 114 valence electrons. The van der Waals surface area contributed by atoms with E-state index in [-0.39, 0.29) is 23.8 Å². The van der Waals surface area contributed by atoms with E-state index in [1.165, 1.54) is 0 Å². The van der Waals surface area contributed by atoms with Crippen molar-refractivity contribution in [2.75, 3.05) is 6.54 Å².